The first-order valence-corrected chi connectivity index (χ1v) is 7.91. The number of rotatable bonds is 3. The first-order chi connectivity index (χ1) is 10.1. The average Bonchev–Trinajstić information content (AvgIpc) is 3.08. The van der Waals surface area contributed by atoms with Crippen LogP contribution in [-0.2, 0) is 4.79 Å². The maximum absolute atomic E-state index is 14.2. The van der Waals surface area contributed by atoms with Crippen molar-refractivity contribution in [3.8, 4) is 0 Å². The molecule has 0 bridgehead atoms. The molecule has 1 aliphatic heterocycles. The van der Waals surface area contributed by atoms with Crippen LogP contribution in [0.15, 0.2) is 24.3 Å². The maximum Gasteiger partial charge on any atom is 0.244 e. The maximum atomic E-state index is 14.2. The van der Waals surface area contributed by atoms with Gasteiger partial charge < -0.3 is 4.90 Å². The lowest BCUT2D eigenvalue weighted by Gasteiger charge is -2.30. The molecule has 3 rings (SSSR count). The van der Waals surface area contributed by atoms with Gasteiger partial charge in [0.15, 0.2) is 0 Å². The van der Waals surface area contributed by atoms with Crippen LogP contribution in [0.1, 0.15) is 57.7 Å². The third-order valence-electron chi connectivity index (χ3n) is 5.06. The number of benzene rings is 1. The average molecular weight is 290 g/mol. The molecule has 2 atom stereocenters. The molecular formula is C17H23FN2O. The fourth-order valence-corrected chi connectivity index (χ4v) is 3.57. The SMILES string of the molecule is CCC1(C)NC(c2ccccc2F)N(C2CCCC2)C1=O. The Labute approximate surface area is 125 Å². The Bertz CT molecular complexity index is 541. The van der Waals surface area contributed by atoms with E-state index in [0.717, 1.165) is 25.7 Å². The molecule has 2 unspecified atom stereocenters. The van der Waals surface area contributed by atoms with Crippen molar-refractivity contribution < 1.29 is 9.18 Å². The minimum Gasteiger partial charge on any atom is -0.318 e. The summed E-state index contributed by atoms with van der Waals surface area (Å²) >= 11 is 0. The summed E-state index contributed by atoms with van der Waals surface area (Å²) in [7, 11) is 0. The van der Waals surface area contributed by atoms with Gasteiger partial charge in [0.1, 0.15) is 12.0 Å². The molecule has 0 spiro atoms. The second-order valence-electron chi connectivity index (χ2n) is 6.40. The fourth-order valence-electron chi connectivity index (χ4n) is 3.57. The molecule has 114 valence electrons. The molecule has 1 saturated heterocycles. The largest absolute Gasteiger partial charge is 0.318 e. The smallest absolute Gasteiger partial charge is 0.244 e. The van der Waals surface area contributed by atoms with Gasteiger partial charge in [0.2, 0.25) is 5.91 Å². The zero-order chi connectivity index (χ0) is 15.0. The number of nitrogens with one attached hydrogen (secondary N) is 1. The second-order valence-corrected chi connectivity index (χ2v) is 6.40. The molecule has 1 N–H and O–H groups in total. The summed E-state index contributed by atoms with van der Waals surface area (Å²) in [5, 5.41) is 3.39. The van der Waals surface area contributed by atoms with E-state index in [1.54, 1.807) is 12.1 Å². The lowest BCUT2D eigenvalue weighted by molar-refractivity contribution is -0.135. The van der Waals surface area contributed by atoms with Gasteiger partial charge in [0, 0.05) is 11.6 Å². The van der Waals surface area contributed by atoms with E-state index in [-0.39, 0.29) is 23.9 Å². The van der Waals surface area contributed by atoms with Crippen LogP contribution < -0.4 is 5.32 Å². The molecule has 21 heavy (non-hydrogen) atoms. The predicted octanol–water partition coefficient (Wildman–Crippen LogP) is 3.37. The molecule has 1 heterocycles. The van der Waals surface area contributed by atoms with Crippen molar-refractivity contribution in [2.75, 3.05) is 0 Å². The van der Waals surface area contributed by atoms with Gasteiger partial charge in [-0.3, -0.25) is 10.1 Å². The highest BCUT2D eigenvalue weighted by Crippen LogP contribution is 2.39. The molecule has 1 amide bonds. The zero-order valence-electron chi connectivity index (χ0n) is 12.7. The molecule has 0 radical (unpaired) electrons. The molecule has 2 aliphatic rings. The van der Waals surface area contributed by atoms with Gasteiger partial charge in [0.05, 0.1) is 5.54 Å². The summed E-state index contributed by atoms with van der Waals surface area (Å²) in [4.78, 5) is 14.8. The van der Waals surface area contributed by atoms with E-state index in [9.17, 15) is 9.18 Å². The van der Waals surface area contributed by atoms with Gasteiger partial charge in [-0.1, -0.05) is 38.0 Å². The third-order valence-corrected chi connectivity index (χ3v) is 5.06. The third kappa shape index (κ3) is 2.35. The molecule has 1 aromatic carbocycles. The van der Waals surface area contributed by atoms with Gasteiger partial charge >= 0.3 is 0 Å². The van der Waals surface area contributed by atoms with E-state index in [1.165, 1.54) is 6.07 Å². The number of carbonyl (C=O) groups excluding carboxylic acids is 1. The minimum absolute atomic E-state index is 0.116. The van der Waals surface area contributed by atoms with Crippen LogP contribution >= 0.6 is 0 Å². The van der Waals surface area contributed by atoms with Crippen molar-refractivity contribution >= 4 is 5.91 Å². The topological polar surface area (TPSA) is 32.3 Å². The molecule has 1 aromatic rings. The summed E-state index contributed by atoms with van der Waals surface area (Å²) in [5.74, 6) is -0.128. The van der Waals surface area contributed by atoms with E-state index < -0.39 is 5.54 Å². The number of hydrogen-bond donors (Lipinski definition) is 1. The summed E-state index contributed by atoms with van der Waals surface area (Å²) in [5.41, 5.74) is -0.00913. The Morgan fingerprint density at radius 2 is 2.00 bits per heavy atom. The van der Waals surface area contributed by atoms with E-state index in [2.05, 4.69) is 5.32 Å². The molecule has 4 heteroatoms. The van der Waals surface area contributed by atoms with Crippen molar-refractivity contribution in [3.63, 3.8) is 0 Å². The number of hydrogen-bond acceptors (Lipinski definition) is 2. The standard InChI is InChI=1S/C17H23FN2O/c1-3-17(2)16(21)20(12-8-4-5-9-12)15(19-17)13-10-6-7-11-14(13)18/h6-7,10-12,15,19H,3-5,8-9H2,1-2H3. The highest BCUT2D eigenvalue weighted by molar-refractivity contribution is 5.89. The minimum atomic E-state index is -0.588. The van der Waals surface area contributed by atoms with Crippen LogP contribution in [0.2, 0.25) is 0 Å². The van der Waals surface area contributed by atoms with Crippen molar-refractivity contribution in [2.45, 2.75) is 63.7 Å². The highest BCUT2D eigenvalue weighted by atomic mass is 19.1. The van der Waals surface area contributed by atoms with E-state index in [1.807, 2.05) is 24.8 Å². The van der Waals surface area contributed by atoms with E-state index in [0.29, 0.717) is 12.0 Å². The van der Waals surface area contributed by atoms with Gasteiger partial charge in [-0.25, -0.2) is 4.39 Å². The van der Waals surface area contributed by atoms with Crippen molar-refractivity contribution in [2.24, 2.45) is 0 Å². The lowest BCUT2D eigenvalue weighted by atomic mass is 9.99. The summed E-state index contributed by atoms with van der Waals surface area (Å²) in [6, 6.07) is 7.01. The number of halogens is 1. The number of nitrogens with zero attached hydrogens (tertiary/aromatic N) is 1. The normalized spacial score (nSPS) is 30.3. The lowest BCUT2D eigenvalue weighted by Crippen LogP contribution is -2.44. The molecule has 0 aromatic heterocycles. The van der Waals surface area contributed by atoms with Crippen molar-refractivity contribution in [1.82, 2.24) is 10.2 Å². The second kappa shape index (κ2) is 5.41. The van der Waals surface area contributed by atoms with Gasteiger partial charge in [0.25, 0.3) is 0 Å². The van der Waals surface area contributed by atoms with Crippen LogP contribution in [0.4, 0.5) is 4.39 Å². The summed E-state index contributed by atoms with van der Waals surface area (Å²) < 4.78 is 14.2. The predicted molar refractivity (Wildman–Crippen MR) is 80.1 cm³/mol. The van der Waals surface area contributed by atoms with Crippen LogP contribution in [0.3, 0.4) is 0 Å². The van der Waals surface area contributed by atoms with Crippen LogP contribution in [-0.4, -0.2) is 22.4 Å². The zero-order valence-corrected chi connectivity index (χ0v) is 12.7. The highest BCUT2D eigenvalue weighted by Gasteiger charge is 2.50. The van der Waals surface area contributed by atoms with Crippen LogP contribution in [0.5, 0.6) is 0 Å². The quantitative estimate of drug-likeness (QED) is 0.925. The van der Waals surface area contributed by atoms with Crippen LogP contribution in [0.25, 0.3) is 0 Å². The molecule has 1 saturated carbocycles. The summed E-state index contributed by atoms with van der Waals surface area (Å²) in [6.07, 6.45) is 4.73. The Balaban J connectivity index is 2.00. The Kier molecular flexibility index (Phi) is 3.74. The first-order valence-electron chi connectivity index (χ1n) is 7.91. The summed E-state index contributed by atoms with van der Waals surface area (Å²) in [6.45, 7) is 3.93. The van der Waals surface area contributed by atoms with Gasteiger partial charge in [-0.15, -0.1) is 0 Å². The Morgan fingerprint density at radius 3 is 2.62 bits per heavy atom. The Morgan fingerprint density at radius 1 is 1.33 bits per heavy atom. The van der Waals surface area contributed by atoms with Gasteiger partial charge in [-0.05, 0) is 32.3 Å². The van der Waals surface area contributed by atoms with Crippen LogP contribution in [0, 0.1) is 5.82 Å². The number of amides is 1. The molecule has 3 nitrogen and oxygen atoms in total. The molecule has 1 aliphatic carbocycles. The van der Waals surface area contributed by atoms with Crippen molar-refractivity contribution in [3.05, 3.63) is 35.6 Å². The fraction of sp³-hybridized carbons (Fsp3) is 0.588. The van der Waals surface area contributed by atoms with Gasteiger partial charge in [-0.2, -0.15) is 0 Å². The van der Waals surface area contributed by atoms with E-state index >= 15 is 0 Å². The number of carbonyl (C=O) groups is 1. The monoisotopic (exact) mass is 290 g/mol. The Hall–Kier alpha value is -1.42. The molecular weight excluding hydrogens is 267 g/mol. The van der Waals surface area contributed by atoms with E-state index in [4.69, 9.17) is 0 Å². The molecule has 2 fully saturated rings. The first kappa shape index (κ1) is 14.5. The van der Waals surface area contributed by atoms with Crippen molar-refractivity contribution in [1.29, 1.82) is 0 Å².